The van der Waals surface area contributed by atoms with Crippen LogP contribution in [0.5, 0.6) is 0 Å². The van der Waals surface area contributed by atoms with Gasteiger partial charge < -0.3 is 13.9 Å². The summed E-state index contributed by atoms with van der Waals surface area (Å²) in [5.74, 6) is 0. The zero-order valence-corrected chi connectivity index (χ0v) is 37.4. The van der Waals surface area contributed by atoms with Crippen molar-refractivity contribution < 1.29 is 4.42 Å². The van der Waals surface area contributed by atoms with Gasteiger partial charge in [-0.3, -0.25) is 0 Å². The highest BCUT2D eigenvalue weighted by Gasteiger charge is 2.18. The van der Waals surface area contributed by atoms with Crippen molar-refractivity contribution in [1.82, 2.24) is 4.57 Å². The van der Waals surface area contributed by atoms with E-state index in [-0.39, 0.29) is 0 Å². The van der Waals surface area contributed by atoms with Crippen molar-refractivity contribution in [2.45, 2.75) is 0 Å². The molecule has 0 saturated carbocycles. The Morgan fingerprint density at radius 3 is 1.74 bits per heavy atom. The summed E-state index contributed by atoms with van der Waals surface area (Å²) in [7, 11) is 0. The van der Waals surface area contributed by atoms with Crippen LogP contribution in [0.1, 0.15) is 0 Å². The van der Waals surface area contributed by atoms with Crippen LogP contribution in [0.15, 0.2) is 253 Å². The van der Waals surface area contributed by atoms with Crippen molar-refractivity contribution in [3.8, 4) is 50.2 Å². The molecule has 0 aliphatic carbocycles. The highest BCUT2D eigenvalue weighted by molar-refractivity contribution is 6.12. The molecule has 2 heterocycles. The molecular weight excluding hydrogens is 839 g/mol. The van der Waals surface area contributed by atoms with Crippen LogP contribution >= 0.6 is 0 Å². The third-order valence-electron chi connectivity index (χ3n) is 13.6. The maximum atomic E-state index is 7.57. The van der Waals surface area contributed by atoms with Crippen LogP contribution in [0.4, 0.5) is 22.7 Å². The smallest absolute Gasteiger partial charge is 0.187 e. The zero-order valence-electron chi connectivity index (χ0n) is 37.4. The molecule has 4 heteroatoms. The van der Waals surface area contributed by atoms with E-state index in [4.69, 9.17) is 11.0 Å². The molecule has 0 aliphatic heterocycles. The SMILES string of the molecule is [C-]#[N+]c1ccc(-n2c3ccccc3c3ccc(-c4cc(-c5ccc6cc(N(c7ccccc7)c7ccc(-c8ccccc8)cc7)ccc6c5)cc(-c5cccc6c5oc5ccccc56)c4)cc32)cc1. The Morgan fingerprint density at radius 2 is 0.942 bits per heavy atom. The van der Waals surface area contributed by atoms with Crippen LogP contribution in [-0.4, -0.2) is 4.57 Å². The van der Waals surface area contributed by atoms with E-state index in [1.807, 2.05) is 36.4 Å². The van der Waals surface area contributed by atoms with Gasteiger partial charge in [0.05, 0.1) is 17.6 Å². The Hall–Kier alpha value is -9.43. The fourth-order valence-corrected chi connectivity index (χ4v) is 10.2. The number of furan rings is 1. The van der Waals surface area contributed by atoms with E-state index in [2.05, 4.69) is 227 Å². The van der Waals surface area contributed by atoms with Crippen LogP contribution in [0, 0.1) is 6.57 Å². The summed E-state index contributed by atoms with van der Waals surface area (Å²) in [6, 6.07) is 88.6. The number of aromatic nitrogens is 1. The molecule has 0 bridgehead atoms. The summed E-state index contributed by atoms with van der Waals surface area (Å²) in [4.78, 5) is 5.99. The van der Waals surface area contributed by atoms with Gasteiger partial charge in [0.2, 0.25) is 0 Å². The lowest BCUT2D eigenvalue weighted by Gasteiger charge is -2.26. The van der Waals surface area contributed by atoms with E-state index in [1.165, 1.54) is 21.9 Å². The van der Waals surface area contributed by atoms with E-state index >= 15 is 0 Å². The molecule has 13 aromatic rings. The van der Waals surface area contributed by atoms with Crippen LogP contribution in [0.2, 0.25) is 0 Å². The van der Waals surface area contributed by atoms with Gasteiger partial charge in [0.15, 0.2) is 5.69 Å². The first kappa shape index (κ1) is 39.9. The van der Waals surface area contributed by atoms with Gasteiger partial charge in [-0.2, -0.15) is 0 Å². The van der Waals surface area contributed by atoms with Gasteiger partial charge in [-0.05, 0) is 141 Å². The van der Waals surface area contributed by atoms with Gasteiger partial charge in [0, 0.05) is 49.9 Å². The summed E-state index contributed by atoms with van der Waals surface area (Å²) in [5.41, 5.74) is 17.9. The fraction of sp³-hybridized carbons (Fsp3) is 0. The molecule has 322 valence electrons. The minimum Gasteiger partial charge on any atom is -0.455 e. The lowest BCUT2D eigenvalue weighted by molar-refractivity contribution is 0.670. The van der Waals surface area contributed by atoms with Gasteiger partial charge >= 0.3 is 0 Å². The fourth-order valence-electron chi connectivity index (χ4n) is 10.2. The molecule has 0 amide bonds. The molecule has 69 heavy (non-hydrogen) atoms. The van der Waals surface area contributed by atoms with Crippen LogP contribution in [0.3, 0.4) is 0 Å². The first-order chi connectivity index (χ1) is 34.1. The summed E-state index contributed by atoms with van der Waals surface area (Å²) in [5, 5.41) is 6.89. The lowest BCUT2D eigenvalue weighted by Crippen LogP contribution is -2.09. The molecule has 0 aliphatic rings. The monoisotopic (exact) mass is 879 g/mol. The topological polar surface area (TPSA) is 25.7 Å². The normalized spacial score (nSPS) is 11.5. The van der Waals surface area contributed by atoms with E-state index in [0.29, 0.717) is 5.69 Å². The molecular formula is C65H41N3O. The molecule has 4 nitrogen and oxygen atoms in total. The molecule has 11 aromatic carbocycles. The van der Waals surface area contributed by atoms with Crippen LogP contribution < -0.4 is 4.90 Å². The molecule has 0 saturated heterocycles. The van der Waals surface area contributed by atoms with Gasteiger partial charge in [0.25, 0.3) is 0 Å². The third kappa shape index (κ3) is 7.01. The zero-order chi connectivity index (χ0) is 45.8. The number of rotatable bonds is 8. The first-order valence-corrected chi connectivity index (χ1v) is 23.3. The molecule has 0 N–H and O–H groups in total. The summed E-state index contributed by atoms with van der Waals surface area (Å²) >= 11 is 0. The van der Waals surface area contributed by atoms with Crippen molar-refractivity contribution in [2.24, 2.45) is 0 Å². The van der Waals surface area contributed by atoms with Crippen molar-refractivity contribution in [2.75, 3.05) is 4.90 Å². The second-order valence-electron chi connectivity index (χ2n) is 17.6. The Kier molecular flexibility index (Phi) is 9.52. The molecule has 2 aromatic heterocycles. The molecule has 0 fully saturated rings. The number of hydrogen-bond acceptors (Lipinski definition) is 2. The second-order valence-corrected chi connectivity index (χ2v) is 17.6. The predicted molar refractivity (Wildman–Crippen MR) is 288 cm³/mol. The van der Waals surface area contributed by atoms with Crippen molar-refractivity contribution >= 4 is 77.3 Å². The quantitative estimate of drug-likeness (QED) is 0.142. The predicted octanol–water partition coefficient (Wildman–Crippen LogP) is 18.5. The number of fused-ring (bicyclic) bond motifs is 7. The standard InChI is InChI=1S/C65H41N3O/c1-66-52-29-34-55(35-30-52)68-62-21-10-8-17-58(62)59-36-28-48(42-63(59)68)50-38-49(39-51(40-50)57-19-12-20-61-60-18-9-11-22-64(60)69-65(57)61)46-23-24-47-41-56(33-27-45(47)37-46)67(53-15-6-3-7-16-53)54-31-25-44(26-32-54)43-13-4-2-5-14-43/h2-42H. The Balaban J connectivity index is 0.953. The molecule has 0 atom stereocenters. The number of hydrogen-bond donors (Lipinski definition) is 0. The molecule has 13 rings (SSSR count). The maximum Gasteiger partial charge on any atom is 0.187 e. The van der Waals surface area contributed by atoms with Crippen molar-refractivity contribution in [3.05, 3.63) is 260 Å². The van der Waals surface area contributed by atoms with Crippen molar-refractivity contribution in [1.29, 1.82) is 0 Å². The molecule has 0 radical (unpaired) electrons. The van der Waals surface area contributed by atoms with Crippen molar-refractivity contribution in [3.63, 3.8) is 0 Å². The molecule has 0 spiro atoms. The van der Waals surface area contributed by atoms with E-state index in [1.54, 1.807) is 0 Å². The summed E-state index contributed by atoms with van der Waals surface area (Å²) < 4.78 is 8.97. The van der Waals surface area contributed by atoms with Gasteiger partial charge in [-0.15, -0.1) is 0 Å². The number of nitrogens with zero attached hydrogens (tertiary/aromatic N) is 3. The maximum absolute atomic E-state index is 7.57. The number of para-hydroxylation sites is 4. The van der Waals surface area contributed by atoms with E-state index < -0.39 is 0 Å². The van der Waals surface area contributed by atoms with E-state index in [0.717, 1.165) is 99.9 Å². The Bertz CT molecular complexity index is 4120. The van der Waals surface area contributed by atoms with Gasteiger partial charge in [-0.25, -0.2) is 4.85 Å². The minimum absolute atomic E-state index is 0.623. The van der Waals surface area contributed by atoms with Gasteiger partial charge in [0.1, 0.15) is 11.2 Å². The molecule has 0 unspecified atom stereocenters. The number of benzene rings is 11. The lowest BCUT2D eigenvalue weighted by atomic mass is 9.91. The van der Waals surface area contributed by atoms with E-state index in [9.17, 15) is 0 Å². The average Bonchev–Trinajstić information content (AvgIpc) is 3.97. The summed E-state index contributed by atoms with van der Waals surface area (Å²) in [6.45, 7) is 7.57. The first-order valence-electron chi connectivity index (χ1n) is 23.3. The Labute approximate surface area is 399 Å². The third-order valence-corrected chi connectivity index (χ3v) is 13.6. The Morgan fingerprint density at radius 1 is 0.362 bits per heavy atom. The minimum atomic E-state index is 0.623. The number of anilines is 3. The van der Waals surface area contributed by atoms with Crippen LogP contribution in [-0.2, 0) is 0 Å². The van der Waals surface area contributed by atoms with Crippen LogP contribution in [0.25, 0.3) is 110 Å². The second kappa shape index (κ2) is 16.5. The highest BCUT2D eigenvalue weighted by Crippen LogP contribution is 2.43. The van der Waals surface area contributed by atoms with Gasteiger partial charge in [-0.1, -0.05) is 158 Å². The average molecular weight is 880 g/mol. The highest BCUT2D eigenvalue weighted by atomic mass is 16.3. The summed E-state index contributed by atoms with van der Waals surface area (Å²) in [6.07, 6.45) is 0. The largest absolute Gasteiger partial charge is 0.455 e.